The zero-order chi connectivity index (χ0) is 20.9. The first-order valence-corrected chi connectivity index (χ1v) is 11.1. The Labute approximate surface area is 179 Å². The molecule has 0 spiro atoms. The fraction of sp³-hybridized carbons (Fsp3) is 0.542. The second-order valence-electron chi connectivity index (χ2n) is 8.67. The maximum Gasteiger partial charge on any atom is 0.318 e. The number of nitrogens with one attached hydrogen (secondary N) is 1. The number of likely N-dealkylation sites (tertiary alicyclic amines) is 1. The van der Waals surface area contributed by atoms with Gasteiger partial charge in [0.25, 0.3) is 0 Å². The maximum atomic E-state index is 12.9. The Kier molecular flexibility index (Phi) is 6.75. The second-order valence-corrected chi connectivity index (χ2v) is 8.67. The highest BCUT2D eigenvalue weighted by molar-refractivity contribution is 5.74. The van der Waals surface area contributed by atoms with Crippen molar-refractivity contribution in [3.8, 4) is 0 Å². The summed E-state index contributed by atoms with van der Waals surface area (Å²) in [5.74, 6) is 2.47. The third-order valence-corrected chi connectivity index (χ3v) is 6.20. The van der Waals surface area contributed by atoms with Crippen molar-refractivity contribution >= 4 is 6.03 Å². The van der Waals surface area contributed by atoms with Crippen molar-refractivity contribution in [2.75, 3.05) is 32.8 Å². The summed E-state index contributed by atoms with van der Waals surface area (Å²) in [5, 5.41) is 3.09. The van der Waals surface area contributed by atoms with Gasteiger partial charge in [0.15, 0.2) is 0 Å². The van der Waals surface area contributed by atoms with Gasteiger partial charge in [-0.15, -0.1) is 0 Å². The first-order chi connectivity index (χ1) is 14.6. The minimum absolute atomic E-state index is 0.0761. The Hall–Kier alpha value is -2.31. The van der Waals surface area contributed by atoms with E-state index in [-0.39, 0.29) is 12.1 Å². The molecule has 0 aliphatic carbocycles. The minimum atomic E-state index is -0.180. The molecule has 30 heavy (non-hydrogen) atoms. The van der Waals surface area contributed by atoms with Gasteiger partial charge in [-0.05, 0) is 62.0 Å². The summed E-state index contributed by atoms with van der Waals surface area (Å²) >= 11 is 0. The number of carbonyl (C=O) groups is 1. The van der Waals surface area contributed by atoms with Gasteiger partial charge < -0.3 is 19.4 Å². The molecule has 2 aliphatic rings. The molecule has 2 fully saturated rings. The molecule has 6 heteroatoms. The van der Waals surface area contributed by atoms with E-state index in [2.05, 4.69) is 41.4 Å². The summed E-state index contributed by atoms with van der Waals surface area (Å²) in [6, 6.07) is 12.2. The molecule has 2 saturated heterocycles. The fourth-order valence-corrected chi connectivity index (χ4v) is 4.31. The van der Waals surface area contributed by atoms with Gasteiger partial charge in [0.2, 0.25) is 0 Å². The van der Waals surface area contributed by atoms with Crippen molar-refractivity contribution < 1.29 is 13.9 Å². The van der Waals surface area contributed by atoms with Gasteiger partial charge in [0.1, 0.15) is 17.6 Å². The molecule has 4 rings (SSSR count). The Morgan fingerprint density at radius 3 is 2.70 bits per heavy atom. The Bertz CT molecular complexity index is 842. The predicted octanol–water partition coefficient (Wildman–Crippen LogP) is 4.10. The normalized spacial score (nSPS) is 21.0. The van der Waals surface area contributed by atoms with Crippen LogP contribution in [0.2, 0.25) is 0 Å². The number of morpholine rings is 1. The average Bonchev–Trinajstić information content (AvgIpc) is 3.20. The molecule has 1 atom stereocenters. The van der Waals surface area contributed by atoms with Gasteiger partial charge in [-0.2, -0.15) is 0 Å². The summed E-state index contributed by atoms with van der Waals surface area (Å²) in [6.07, 6.45) is 2.57. The number of piperidine rings is 1. The van der Waals surface area contributed by atoms with E-state index < -0.39 is 0 Å². The van der Waals surface area contributed by atoms with Crippen molar-refractivity contribution in [2.24, 2.45) is 5.92 Å². The molecule has 2 aromatic rings. The zero-order valence-corrected chi connectivity index (χ0v) is 18.1. The third-order valence-electron chi connectivity index (χ3n) is 6.20. The molecule has 0 bridgehead atoms. The van der Waals surface area contributed by atoms with E-state index in [0.717, 1.165) is 29.5 Å². The number of amides is 2. The Morgan fingerprint density at radius 2 is 1.93 bits per heavy atom. The zero-order valence-electron chi connectivity index (χ0n) is 18.1. The van der Waals surface area contributed by atoms with Gasteiger partial charge in [0, 0.05) is 19.6 Å². The number of rotatable bonds is 5. The monoisotopic (exact) mass is 411 g/mol. The van der Waals surface area contributed by atoms with Crippen LogP contribution in [0.3, 0.4) is 0 Å². The van der Waals surface area contributed by atoms with Gasteiger partial charge >= 0.3 is 6.03 Å². The van der Waals surface area contributed by atoms with Crippen LogP contribution in [-0.2, 0) is 17.8 Å². The third kappa shape index (κ3) is 5.24. The molecular formula is C24H33N3O3. The lowest BCUT2D eigenvalue weighted by Gasteiger charge is -2.34. The largest absolute Gasteiger partial charge is 0.464 e. The lowest BCUT2D eigenvalue weighted by Crippen LogP contribution is -2.47. The summed E-state index contributed by atoms with van der Waals surface area (Å²) in [7, 11) is 0. The highest BCUT2D eigenvalue weighted by Crippen LogP contribution is 2.26. The smallest absolute Gasteiger partial charge is 0.318 e. The highest BCUT2D eigenvalue weighted by atomic mass is 16.5. The lowest BCUT2D eigenvalue weighted by atomic mass is 9.98. The van der Waals surface area contributed by atoms with Crippen molar-refractivity contribution in [1.29, 1.82) is 0 Å². The molecule has 1 aromatic carbocycles. The first-order valence-electron chi connectivity index (χ1n) is 11.1. The van der Waals surface area contributed by atoms with Crippen LogP contribution < -0.4 is 5.32 Å². The van der Waals surface area contributed by atoms with Crippen molar-refractivity contribution in [2.45, 2.75) is 45.8 Å². The molecule has 6 nitrogen and oxygen atoms in total. The summed E-state index contributed by atoms with van der Waals surface area (Å²) in [4.78, 5) is 17.3. The summed E-state index contributed by atoms with van der Waals surface area (Å²) in [6.45, 7) is 9.67. The van der Waals surface area contributed by atoms with Crippen molar-refractivity contribution in [3.63, 3.8) is 0 Å². The number of aryl methyl sites for hydroxylation is 1. The van der Waals surface area contributed by atoms with E-state index in [1.54, 1.807) is 0 Å². The van der Waals surface area contributed by atoms with Crippen LogP contribution in [-0.4, -0.2) is 48.7 Å². The SMILES string of the molecule is Cc1ccc(C2COCCN2C(=O)NCc2cccc(CN3CCC(C)CC3)c2)o1. The predicted molar refractivity (Wildman–Crippen MR) is 116 cm³/mol. The average molecular weight is 412 g/mol. The van der Waals surface area contributed by atoms with Crippen molar-refractivity contribution in [1.82, 2.24) is 15.1 Å². The number of urea groups is 1. The molecule has 2 amide bonds. The van der Waals surface area contributed by atoms with Crippen LogP contribution in [0, 0.1) is 12.8 Å². The number of carbonyl (C=O) groups excluding carboxylic acids is 1. The molecule has 0 saturated carbocycles. The number of hydrogen-bond acceptors (Lipinski definition) is 4. The fourth-order valence-electron chi connectivity index (χ4n) is 4.31. The first kappa shape index (κ1) is 20.9. The van der Waals surface area contributed by atoms with Crippen LogP contribution >= 0.6 is 0 Å². The van der Waals surface area contributed by atoms with Gasteiger partial charge in [0.05, 0.1) is 13.2 Å². The molecule has 1 unspecified atom stereocenters. The van der Waals surface area contributed by atoms with E-state index in [9.17, 15) is 4.79 Å². The van der Waals surface area contributed by atoms with E-state index in [1.807, 2.05) is 24.0 Å². The number of nitrogens with zero attached hydrogens (tertiary/aromatic N) is 2. The van der Waals surface area contributed by atoms with Gasteiger partial charge in [-0.25, -0.2) is 4.79 Å². The molecule has 1 aromatic heterocycles. The number of furan rings is 1. The highest BCUT2D eigenvalue weighted by Gasteiger charge is 2.30. The van der Waals surface area contributed by atoms with E-state index in [4.69, 9.17) is 9.15 Å². The lowest BCUT2D eigenvalue weighted by molar-refractivity contribution is 0.00400. The van der Waals surface area contributed by atoms with Crippen LogP contribution in [0.5, 0.6) is 0 Å². The van der Waals surface area contributed by atoms with Gasteiger partial charge in [-0.3, -0.25) is 4.90 Å². The quantitative estimate of drug-likeness (QED) is 0.805. The molecular weight excluding hydrogens is 378 g/mol. The van der Waals surface area contributed by atoms with Crippen LogP contribution in [0.4, 0.5) is 4.79 Å². The molecule has 2 aliphatic heterocycles. The van der Waals surface area contributed by atoms with Gasteiger partial charge in [-0.1, -0.05) is 31.2 Å². The van der Waals surface area contributed by atoms with Crippen molar-refractivity contribution in [3.05, 3.63) is 59.0 Å². The van der Waals surface area contributed by atoms with E-state index in [0.29, 0.717) is 26.3 Å². The van der Waals surface area contributed by atoms with E-state index in [1.165, 1.54) is 31.5 Å². The molecule has 0 radical (unpaired) electrons. The topological polar surface area (TPSA) is 58.0 Å². The van der Waals surface area contributed by atoms with Crippen LogP contribution in [0.1, 0.15) is 48.5 Å². The number of benzene rings is 1. The Balaban J connectivity index is 1.34. The minimum Gasteiger partial charge on any atom is -0.464 e. The molecule has 3 heterocycles. The number of hydrogen-bond donors (Lipinski definition) is 1. The second kappa shape index (κ2) is 9.67. The Morgan fingerprint density at radius 1 is 1.13 bits per heavy atom. The standard InChI is InChI=1S/C24H33N3O3/c1-18-8-10-26(11-9-18)16-21-5-3-4-20(14-21)15-25-24(28)27-12-13-29-17-22(27)23-7-6-19(2)30-23/h3-7,14,18,22H,8-13,15-17H2,1-2H3,(H,25,28). The van der Waals surface area contributed by atoms with Crippen LogP contribution in [0.15, 0.2) is 40.8 Å². The molecule has 162 valence electrons. The van der Waals surface area contributed by atoms with E-state index >= 15 is 0 Å². The summed E-state index contributed by atoms with van der Waals surface area (Å²) in [5.41, 5.74) is 2.44. The maximum absolute atomic E-state index is 12.9. The number of ether oxygens (including phenoxy) is 1. The van der Waals surface area contributed by atoms with Crippen LogP contribution in [0.25, 0.3) is 0 Å². The summed E-state index contributed by atoms with van der Waals surface area (Å²) < 4.78 is 11.4. The molecule has 1 N–H and O–H groups in total.